The van der Waals surface area contributed by atoms with Gasteiger partial charge in [0.2, 0.25) is 5.91 Å². The Labute approximate surface area is 138 Å². The smallest absolute Gasteiger partial charge is 0.411 e. The van der Waals surface area contributed by atoms with Crippen LogP contribution >= 0.6 is 0 Å². The molecule has 0 aromatic heterocycles. The summed E-state index contributed by atoms with van der Waals surface area (Å²) in [4.78, 5) is 34.5. The summed E-state index contributed by atoms with van der Waals surface area (Å²) in [7, 11) is 0. The number of ether oxygens (including phenoxy) is 2. The van der Waals surface area contributed by atoms with E-state index in [9.17, 15) is 14.4 Å². The number of anilines is 1. The number of nitrogens with one attached hydrogen (secondary N) is 1. The molecule has 2 aromatic rings. The Bertz CT molecular complexity index is 756. The summed E-state index contributed by atoms with van der Waals surface area (Å²) in [5.74, 6) is -0.956. The van der Waals surface area contributed by atoms with Crippen LogP contribution in [-0.2, 0) is 4.74 Å². The van der Waals surface area contributed by atoms with Crippen LogP contribution < -0.4 is 15.8 Å². The lowest BCUT2D eigenvalue weighted by Crippen LogP contribution is -2.14. The number of carbonyl (C=O) groups is 3. The maximum atomic E-state index is 12.1. The van der Waals surface area contributed by atoms with Crippen LogP contribution in [0.3, 0.4) is 0 Å². The van der Waals surface area contributed by atoms with Gasteiger partial charge in [-0.15, -0.1) is 0 Å². The van der Waals surface area contributed by atoms with Crippen molar-refractivity contribution in [3.63, 3.8) is 0 Å². The van der Waals surface area contributed by atoms with Crippen molar-refractivity contribution in [3.05, 3.63) is 59.7 Å². The lowest BCUT2D eigenvalue weighted by Gasteiger charge is -2.07. The zero-order valence-electron chi connectivity index (χ0n) is 12.9. The third-order valence-electron chi connectivity index (χ3n) is 2.97. The van der Waals surface area contributed by atoms with E-state index in [0.717, 1.165) is 0 Å². The van der Waals surface area contributed by atoms with Gasteiger partial charge in [0.25, 0.3) is 0 Å². The fourth-order valence-corrected chi connectivity index (χ4v) is 1.86. The third kappa shape index (κ3) is 4.57. The van der Waals surface area contributed by atoms with Crippen molar-refractivity contribution in [1.29, 1.82) is 0 Å². The normalized spacial score (nSPS) is 9.88. The summed E-state index contributed by atoms with van der Waals surface area (Å²) < 4.78 is 9.96. The van der Waals surface area contributed by atoms with Gasteiger partial charge in [-0.2, -0.15) is 0 Å². The first-order chi connectivity index (χ1) is 11.5. The molecule has 0 saturated carbocycles. The predicted molar refractivity (Wildman–Crippen MR) is 87.0 cm³/mol. The molecular weight excluding hydrogens is 312 g/mol. The first-order valence-corrected chi connectivity index (χ1v) is 7.15. The number of rotatable bonds is 5. The van der Waals surface area contributed by atoms with E-state index in [1.165, 1.54) is 30.3 Å². The molecule has 0 atom stereocenters. The van der Waals surface area contributed by atoms with Gasteiger partial charge < -0.3 is 15.2 Å². The number of nitrogens with two attached hydrogens (primary N) is 1. The van der Waals surface area contributed by atoms with E-state index < -0.39 is 18.0 Å². The lowest BCUT2D eigenvalue weighted by molar-refractivity contribution is 0.0734. The van der Waals surface area contributed by atoms with Crippen LogP contribution in [0.25, 0.3) is 0 Å². The van der Waals surface area contributed by atoms with E-state index >= 15 is 0 Å². The number of amides is 2. The average molecular weight is 328 g/mol. The molecule has 0 heterocycles. The summed E-state index contributed by atoms with van der Waals surface area (Å²) in [5.41, 5.74) is 6.11. The number of hydrogen-bond acceptors (Lipinski definition) is 5. The minimum Gasteiger partial charge on any atom is -0.450 e. The SMILES string of the molecule is CCOC(=O)Nc1ccc(OC(=O)c2cccc(C(N)=O)c2)cc1. The molecule has 2 amide bonds. The maximum Gasteiger partial charge on any atom is 0.411 e. The molecule has 24 heavy (non-hydrogen) atoms. The Balaban J connectivity index is 2.03. The molecule has 0 bridgehead atoms. The molecule has 0 aliphatic rings. The second-order valence-electron chi connectivity index (χ2n) is 4.70. The van der Waals surface area contributed by atoms with Crippen molar-refractivity contribution in [2.24, 2.45) is 5.73 Å². The molecule has 7 nitrogen and oxygen atoms in total. The minimum atomic E-state index is -0.626. The largest absolute Gasteiger partial charge is 0.450 e. The zero-order chi connectivity index (χ0) is 17.5. The van der Waals surface area contributed by atoms with E-state index in [-0.39, 0.29) is 17.7 Å². The molecule has 124 valence electrons. The van der Waals surface area contributed by atoms with Crippen molar-refractivity contribution < 1.29 is 23.9 Å². The standard InChI is InChI=1S/C17H16N2O5/c1-2-23-17(22)19-13-6-8-14(9-7-13)24-16(21)12-5-3-4-11(10-12)15(18)20/h3-10H,2H2,1H3,(H2,18,20)(H,19,22). The van der Waals surface area contributed by atoms with Crippen LogP contribution in [0.2, 0.25) is 0 Å². The molecule has 0 saturated heterocycles. The van der Waals surface area contributed by atoms with E-state index in [1.54, 1.807) is 25.1 Å². The first-order valence-electron chi connectivity index (χ1n) is 7.15. The maximum absolute atomic E-state index is 12.1. The van der Waals surface area contributed by atoms with Gasteiger partial charge in [-0.05, 0) is 49.4 Å². The molecule has 2 rings (SSSR count). The number of primary amides is 1. The number of carbonyl (C=O) groups excluding carboxylic acids is 3. The van der Waals surface area contributed by atoms with Gasteiger partial charge in [0.15, 0.2) is 0 Å². The molecule has 0 unspecified atom stereocenters. The quantitative estimate of drug-likeness (QED) is 0.648. The van der Waals surface area contributed by atoms with Crippen LogP contribution in [0, 0.1) is 0 Å². The summed E-state index contributed by atoms with van der Waals surface area (Å²) in [6.45, 7) is 1.97. The predicted octanol–water partition coefficient (Wildman–Crippen LogP) is 2.57. The van der Waals surface area contributed by atoms with E-state index in [2.05, 4.69) is 5.32 Å². The van der Waals surface area contributed by atoms with E-state index in [1.807, 2.05) is 0 Å². The topological polar surface area (TPSA) is 108 Å². The molecular formula is C17H16N2O5. The Hall–Kier alpha value is -3.35. The summed E-state index contributed by atoms with van der Waals surface area (Å²) >= 11 is 0. The Morgan fingerprint density at radius 2 is 1.71 bits per heavy atom. The zero-order valence-corrected chi connectivity index (χ0v) is 12.9. The number of esters is 1. The van der Waals surface area contributed by atoms with Crippen molar-refractivity contribution in [2.45, 2.75) is 6.92 Å². The van der Waals surface area contributed by atoms with Gasteiger partial charge in [0, 0.05) is 11.3 Å². The highest BCUT2D eigenvalue weighted by Gasteiger charge is 2.11. The van der Waals surface area contributed by atoms with Crippen molar-refractivity contribution in [1.82, 2.24) is 0 Å². The van der Waals surface area contributed by atoms with Crippen LogP contribution in [0.1, 0.15) is 27.6 Å². The Morgan fingerprint density at radius 1 is 1.04 bits per heavy atom. The number of hydrogen-bond donors (Lipinski definition) is 2. The van der Waals surface area contributed by atoms with Crippen molar-refractivity contribution in [2.75, 3.05) is 11.9 Å². The van der Waals surface area contributed by atoms with Gasteiger partial charge in [0.05, 0.1) is 12.2 Å². The van der Waals surface area contributed by atoms with E-state index in [4.69, 9.17) is 15.2 Å². The lowest BCUT2D eigenvalue weighted by atomic mass is 10.1. The Kier molecular flexibility index (Phi) is 5.51. The van der Waals surface area contributed by atoms with Crippen LogP contribution in [0.15, 0.2) is 48.5 Å². The van der Waals surface area contributed by atoms with Gasteiger partial charge in [-0.25, -0.2) is 9.59 Å². The van der Waals surface area contributed by atoms with Gasteiger partial charge in [-0.1, -0.05) is 6.07 Å². The van der Waals surface area contributed by atoms with Gasteiger partial charge in [-0.3, -0.25) is 10.1 Å². The fraction of sp³-hybridized carbons (Fsp3) is 0.118. The highest BCUT2D eigenvalue weighted by Crippen LogP contribution is 2.17. The average Bonchev–Trinajstić information content (AvgIpc) is 2.57. The summed E-state index contributed by atoms with van der Waals surface area (Å²) in [5, 5.41) is 2.52. The van der Waals surface area contributed by atoms with Crippen LogP contribution in [-0.4, -0.2) is 24.6 Å². The minimum absolute atomic E-state index is 0.208. The first kappa shape index (κ1) is 17.0. The molecule has 0 aliphatic heterocycles. The van der Waals surface area contributed by atoms with E-state index in [0.29, 0.717) is 11.4 Å². The molecule has 0 fully saturated rings. The highest BCUT2D eigenvalue weighted by atomic mass is 16.5. The van der Waals surface area contributed by atoms with Gasteiger partial charge in [0.1, 0.15) is 5.75 Å². The Morgan fingerprint density at radius 3 is 2.33 bits per heavy atom. The second kappa shape index (κ2) is 7.77. The molecule has 0 radical (unpaired) electrons. The second-order valence-corrected chi connectivity index (χ2v) is 4.70. The van der Waals surface area contributed by atoms with Crippen LogP contribution in [0.4, 0.5) is 10.5 Å². The molecule has 3 N–H and O–H groups in total. The molecule has 0 spiro atoms. The summed E-state index contributed by atoms with van der Waals surface area (Å²) in [6, 6.07) is 12.1. The highest BCUT2D eigenvalue weighted by molar-refractivity contribution is 5.97. The van der Waals surface area contributed by atoms with Gasteiger partial charge >= 0.3 is 12.1 Å². The molecule has 2 aromatic carbocycles. The third-order valence-corrected chi connectivity index (χ3v) is 2.97. The van der Waals surface area contributed by atoms with Crippen molar-refractivity contribution >= 4 is 23.7 Å². The molecule has 7 heteroatoms. The van der Waals surface area contributed by atoms with Crippen molar-refractivity contribution in [3.8, 4) is 5.75 Å². The molecule has 0 aliphatic carbocycles. The summed E-state index contributed by atoms with van der Waals surface area (Å²) in [6.07, 6.45) is -0.564. The van der Waals surface area contributed by atoms with Crippen LogP contribution in [0.5, 0.6) is 5.75 Å². The monoisotopic (exact) mass is 328 g/mol. The fourth-order valence-electron chi connectivity index (χ4n) is 1.86. The number of benzene rings is 2.